The highest BCUT2D eigenvalue weighted by molar-refractivity contribution is 6.31. The van der Waals surface area contributed by atoms with Crippen LogP contribution in [-0.4, -0.2) is 48.9 Å². The van der Waals surface area contributed by atoms with Crippen LogP contribution in [0, 0.1) is 11.8 Å². The van der Waals surface area contributed by atoms with Gasteiger partial charge in [-0.05, 0) is 48.5 Å². The fourth-order valence-electron chi connectivity index (χ4n) is 5.12. The minimum atomic E-state index is -2.20. The Morgan fingerprint density at radius 2 is 1.03 bits per heavy atom. The van der Waals surface area contributed by atoms with Crippen LogP contribution < -0.4 is 0 Å². The first kappa shape index (κ1) is 24.1. The first-order valence-corrected chi connectivity index (χ1v) is 11.5. The van der Waals surface area contributed by atoms with Gasteiger partial charge in [0, 0.05) is 33.3 Å². The van der Waals surface area contributed by atoms with E-state index in [1.165, 1.54) is 12.2 Å². The minimum Gasteiger partial charge on any atom is -0.473 e. The van der Waals surface area contributed by atoms with E-state index in [-0.39, 0.29) is 11.5 Å². The molecule has 1 fully saturated rings. The number of hydrogen-bond donors (Lipinski definition) is 0. The summed E-state index contributed by atoms with van der Waals surface area (Å²) in [5.74, 6) is -6.13. The predicted molar refractivity (Wildman–Crippen MR) is 128 cm³/mol. The first-order valence-electron chi connectivity index (χ1n) is 10.8. The molecule has 4 atom stereocenters. The zero-order chi connectivity index (χ0) is 25.8. The van der Waals surface area contributed by atoms with Crippen molar-refractivity contribution in [1.82, 2.24) is 0 Å². The van der Waals surface area contributed by atoms with Crippen LogP contribution in [0.1, 0.15) is 11.1 Å². The lowest BCUT2D eigenvalue weighted by atomic mass is 9.47. The second-order valence-corrected chi connectivity index (χ2v) is 9.31. The average molecular weight is 529 g/mol. The van der Waals surface area contributed by atoms with Crippen LogP contribution >= 0.6 is 23.2 Å². The van der Waals surface area contributed by atoms with Gasteiger partial charge >= 0.3 is 11.9 Å². The number of halogens is 2. The standard InChI is InChI=1S/C26H18Cl2O8/c1-33-23(31)21-22(24(32)34-2)26(20(30)12-18(36-26)14-5-9-16(28)10-6-14)25(21)19(29)11-17(35-25)13-3-7-15(27)8-4-13/h3-12,21-22H,1-2H3/t21-,22+,25-,26-/m1/s1. The van der Waals surface area contributed by atoms with Crippen LogP contribution in [0.2, 0.25) is 10.0 Å². The van der Waals surface area contributed by atoms with E-state index in [4.69, 9.17) is 42.1 Å². The molecule has 0 radical (unpaired) electrons. The molecule has 184 valence electrons. The first-order chi connectivity index (χ1) is 17.2. The number of hydrogen-bond acceptors (Lipinski definition) is 8. The van der Waals surface area contributed by atoms with E-state index >= 15 is 0 Å². The van der Waals surface area contributed by atoms with Crippen molar-refractivity contribution in [2.45, 2.75) is 11.2 Å². The summed E-state index contributed by atoms with van der Waals surface area (Å²) in [6.45, 7) is 0. The molecular formula is C26H18Cl2O8. The zero-order valence-corrected chi connectivity index (χ0v) is 20.5. The maximum Gasteiger partial charge on any atom is 0.314 e. The SMILES string of the molecule is COC(=O)[C@@H]1[C@H](C(=O)OC)[C@@]2(OC(c3ccc(Cl)cc3)=CC2=O)[C@]12OC(c1ccc(Cl)cc1)=CC2=O. The molecule has 3 aliphatic rings. The maximum atomic E-state index is 13.7. The number of methoxy groups -OCH3 is 2. The molecule has 8 nitrogen and oxygen atoms in total. The Hall–Kier alpha value is -3.62. The summed E-state index contributed by atoms with van der Waals surface area (Å²) in [5.41, 5.74) is -3.45. The highest BCUT2D eigenvalue weighted by atomic mass is 35.5. The van der Waals surface area contributed by atoms with Crippen LogP contribution in [0.15, 0.2) is 60.7 Å². The molecule has 2 heterocycles. The molecule has 0 saturated heterocycles. The lowest BCUT2D eigenvalue weighted by Gasteiger charge is -2.58. The van der Waals surface area contributed by atoms with Gasteiger partial charge in [-0.2, -0.15) is 0 Å². The van der Waals surface area contributed by atoms with Gasteiger partial charge in [0.2, 0.25) is 22.8 Å². The van der Waals surface area contributed by atoms with Gasteiger partial charge in [0.15, 0.2) is 0 Å². The molecule has 10 heteroatoms. The van der Waals surface area contributed by atoms with Crippen LogP contribution in [-0.2, 0) is 38.1 Å². The van der Waals surface area contributed by atoms with Gasteiger partial charge in [0.1, 0.15) is 23.4 Å². The normalized spacial score (nSPS) is 28.2. The molecule has 0 unspecified atom stereocenters. The Bertz CT molecular complexity index is 1260. The molecule has 0 bridgehead atoms. The molecule has 1 aliphatic carbocycles. The number of fused-ring (bicyclic) bond motifs is 1. The van der Waals surface area contributed by atoms with Crippen molar-refractivity contribution < 1.29 is 38.1 Å². The molecule has 2 aliphatic heterocycles. The molecule has 36 heavy (non-hydrogen) atoms. The highest BCUT2D eigenvalue weighted by Crippen LogP contribution is 2.64. The summed E-state index contributed by atoms with van der Waals surface area (Å²) >= 11 is 12.0. The van der Waals surface area contributed by atoms with E-state index in [2.05, 4.69) is 0 Å². The fraction of sp³-hybridized carbons (Fsp3) is 0.231. The summed E-state index contributed by atoms with van der Waals surface area (Å²) in [7, 11) is 2.22. The largest absolute Gasteiger partial charge is 0.473 e. The minimum absolute atomic E-state index is 0.0876. The Morgan fingerprint density at radius 3 is 1.33 bits per heavy atom. The van der Waals surface area contributed by atoms with Gasteiger partial charge in [-0.25, -0.2) is 0 Å². The smallest absolute Gasteiger partial charge is 0.314 e. The molecular weight excluding hydrogens is 511 g/mol. The second-order valence-electron chi connectivity index (χ2n) is 8.44. The second kappa shape index (κ2) is 8.50. The highest BCUT2D eigenvalue weighted by Gasteiger charge is 2.89. The van der Waals surface area contributed by atoms with E-state index in [9.17, 15) is 19.2 Å². The predicted octanol–water partition coefficient (Wildman–Crippen LogP) is 3.64. The van der Waals surface area contributed by atoms with Crippen molar-refractivity contribution in [3.63, 3.8) is 0 Å². The molecule has 2 aromatic rings. The molecule has 5 rings (SSSR count). The van der Waals surface area contributed by atoms with Crippen LogP contribution in [0.4, 0.5) is 0 Å². The summed E-state index contributed by atoms with van der Waals surface area (Å²) in [4.78, 5) is 53.2. The third-order valence-corrected chi connectivity index (χ3v) is 7.23. The summed E-state index contributed by atoms with van der Waals surface area (Å²) in [5, 5.41) is 0.922. The molecule has 0 amide bonds. The Morgan fingerprint density at radius 1 is 0.694 bits per heavy atom. The van der Waals surface area contributed by atoms with Crippen LogP contribution in [0.3, 0.4) is 0 Å². The lowest BCUT2D eigenvalue weighted by molar-refractivity contribution is -0.260. The number of rotatable bonds is 4. The van der Waals surface area contributed by atoms with Crippen molar-refractivity contribution in [2.24, 2.45) is 11.8 Å². The number of ketones is 2. The van der Waals surface area contributed by atoms with Gasteiger partial charge in [0.05, 0.1) is 14.2 Å². The van der Waals surface area contributed by atoms with Gasteiger partial charge in [-0.3, -0.25) is 19.2 Å². The van der Waals surface area contributed by atoms with Crippen molar-refractivity contribution >= 4 is 58.2 Å². The van der Waals surface area contributed by atoms with Crippen molar-refractivity contribution in [2.75, 3.05) is 14.2 Å². The van der Waals surface area contributed by atoms with Crippen molar-refractivity contribution in [3.05, 3.63) is 81.9 Å². The van der Waals surface area contributed by atoms with E-state index in [1.807, 2.05) is 0 Å². The average Bonchev–Trinajstić information content (AvgIpc) is 3.42. The lowest BCUT2D eigenvalue weighted by Crippen LogP contribution is -2.84. The van der Waals surface area contributed by atoms with Gasteiger partial charge < -0.3 is 18.9 Å². The molecule has 2 aromatic carbocycles. The topological polar surface area (TPSA) is 105 Å². The van der Waals surface area contributed by atoms with Crippen LogP contribution in [0.25, 0.3) is 11.5 Å². The summed E-state index contributed by atoms with van der Waals surface area (Å²) < 4.78 is 22.1. The van der Waals surface area contributed by atoms with E-state index in [1.54, 1.807) is 48.5 Å². The molecule has 2 spiro atoms. The van der Waals surface area contributed by atoms with Gasteiger partial charge in [-0.15, -0.1) is 0 Å². The number of esters is 2. The Balaban J connectivity index is 1.64. The number of carbonyl (C=O) groups excluding carboxylic acids is 4. The fourth-order valence-corrected chi connectivity index (χ4v) is 5.37. The maximum absolute atomic E-state index is 13.7. The summed E-state index contributed by atoms with van der Waals surface area (Å²) in [6.07, 6.45) is 2.34. The molecule has 0 N–H and O–H groups in total. The van der Waals surface area contributed by atoms with E-state index in [0.29, 0.717) is 21.2 Å². The number of ether oxygens (including phenoxy) is 4. The third-order valence-electron chi connectivity index (χ3n) is 6.73. The van der Waals surface area contributed by atoms with Crippen molar-refractivity contribution in [1.29, 1.82) is 0 Å². The number of benzene rings is 2. The van der Waals surface area contributed by atoms with Crippen LogP contribution in [0.5, 0.6) is 0 Å². The van der Waals surface area contributed by atoms with Gasteiger partial charge in [0.25, 0.3) is 0 Å². The monoisotopic (exact) mass is 528 g/mol. The van der Waals surface area contributed by atoms with E-state index in [0.717, 1.165) is 14.2 Å². The van der Waals surface area contributed by atoms with Gasteiger partial charge in [-0.1, -0.05) is 23.2 Å². The number of carbonyl (C=O) groups is 4. The zero-order valence-electron chi connectivity index (χ0n) is 19.0. The van der Waals surface area contributed by atoms with Crippen molar-refractivity contribution in [3.8, 4) is 0 Å². The Labute approximate surface area is 215 Å². The van der Waals surface area contributed by atoms with E-state index < -0.39 is 46.5 Å². The Kier molecular flexibility index (Phi) is 5.69. The quantitative estimate of drug-likeness (QED) is 0.553. The summed E-state index contributed by atoms with van der Waals surface area (Å²) in [6, 6.07) is 12.9. The molecule has 1 saturated carbocycles. The third kappa shape index (κ3) is 3.14. The molecule has 0 aromatic heterocycles.